The number of rotatable bonds is 2. The van der Waals surface area contributed by atoms with Crippen LogP contribution in [0.1, 0.15) is 30.1 Å². The smallest absolute Gasteiger partial charge is 0.282 e. The molecule has 1 spiro atoms. The summed E-state index contributed by atoms with van der Waals surface area (Å²) in [5.41, 5.74) is 1.35. The number of hydrogen-bond acceptors (Lipinski definition) is 5. The van der Waals surface area contributed by atoms with E-state index < -0.39 is 11.9 Å². The molecule has 1 heterocycles. The number of fused-ring (bicyclic) bond motifs is 2. The Balaban J connectivity index is 1.78. The van der Waals surface area contributed by atoms with Crippen molar-refractivity contribution in [1.82, 2.24) is 0 Å². The Hall–Kier alpha value is -2.92. The number of aliphatic hydroxyl groups is 1. The average Bonchev–Trinajstić information content (AvgIpc) is 2.70. The second kappa shape index (κ2) is 5.79. The van der Waals surface area contributed by atoms with Gasteiger partial charge in [0, 0.05) is 12.0 Å². The third-order valence-electron chi connectivity index (χ3n) is 5.45. The molecule has 1 aliphatic carbocycles. The number of aliphatic hydroxyl groups excluding tert-OH is 1. The van der Waals surface area contributed by atoms with Gasteiger partial charge in [-0.3, -0.25) is 0 Å². The predicted molar refractivity (Wildman–Crippen MR) is 101 cm³/mol. The van der Waals surface area contributed by atoms with E-state index >= 15 is 0 Å². The second-order valence-electron chi connectivity index (χ2n) is 6.88. The highest BCUT2D eigenvalue weighted by Crippen LogP contribution is 2.54. The van der Waals surface area contributed by atoms with Crippen LogP contribution in [0.3, 0.4) is 0 Å². The van der Waals surface area contributed by atoms with E-state index in [1.54, 1.807) is 20.3 Å². The first-order valence-corrected chi connectivity index (χ1v) is 9.00. The maximum atomic E-state index is 10.7. The van der Waals surface area contributed by atoms with Gasteiger partial charge in [-0.1, -0.05) is 24.3 Å². The van der Waals surface area contributed by atoms with Crippen LogP contribution in [-0.2, 0) is 5.79 Å². The number of methoxy groups -OCH3 is 2. The molecule has 3 aromatic carbocycles. The van der Waals surface area contributed by atoms with E-state index in [1.807, 2.05) is 42.5 Å². The van der Waals surface area contributed by atoms with Gasteiger partial charge in [-0.2, -0.15) is 0 Å². The van der Waals surface area contributed by atoms with Gasteiger partial charge in [-0.15, -0.1) is 0 Å². The number of benzene rings is 3. The molecule has 0 saturated carbocycles. The Morgan fingerprint density at radius 1 is 0.926 bits per heavy atom. The van der Waals surface area contributed by atoms with Crippen molar-refractivity contribution < 1.29 is 24.1 Å². The largest absolute Gasteiger partial charge is 0.496 e. The standard InChI is InChI=1S/C22H20O5/c1-24-15-9-10-18(25-2)21-20(15)14(23)11-12-22(21)26-16-7-3-5-13-6-4-8-17(27-22)19(13)16/h3-10,14,23H,11-12H2,1-2H3. The zero-order valence-electron chi connectivity index (χ0n) is 15.2. The normalized spacial score (nSPS) is 19.1. The highest BCUT2D eigenvalue weighted by atomic mass is 16.7. The molecule has 5 heteroatoms. The third-order valence-corrected chi connectivity index (χ3v) is 5.45. The molecule has 5 rings (SSSR count). The van der Waals surface area contributed by atoms with Gasteiger partial charge in [0.1, 0.15) is 23.0 Å². The van der Waals surface area contributed by atoms with Crippen molar-refractivity contribution in [2.24, 2.45) is 0 Å². The van der Waals surface area contributed by atoms with Gasteiger partial charge < -0.3 is 24.1 Å². The molecular weight excluding hydrogens is 344 g/mol. The first-order chi connectivity index (χ1) is 13.2. The molecule has 1 atom stereocenters. The van der Waals surface area contributed by atoms with Gasteiger partial charge in [0.05, 0.1) is 31.3 Å². The Morgan fingerprint density at radius 2 is 1.56 bits per heavy atom. The maximum absolute atomic E-state index is 10.7. The summed E-state index contributed by atoms with van der Waals surface area (Å²) in [6, 6.07) is 15.6. The van der Waals surface area contributed by atoms with Crippen molar-refractivity contribution in [3.05, 3.63) is 59.7 Å². The van der Waals surface area contributed by atoms with E-state index in [2.05, 4.69) is 0 Å². The molecule has 0 radical (unpaired) electrons. The minimum Gasteiger partial charge on any atom is -0.496 e. The Labute approximate surface area is 157 Å². The van der Waals surface area contributed by atoms with E-state index in [0.717, 1.165) is 22.3 Å². The van der Waals surface area contributed by atoms with Crippen molar-refractivity contribution in [3.63, 3.8) is 0 Å². The van der Waals surface area contributed by atoms with Gasteiger partial charge >= 0.3 is 0 Å². The number of hydrogen-bond donors (Lipinski definition) is 1. The molecular formula is C22H20O5. The molecule has 0 fully saturated rings. The Kier molecular flexibility index (Phi) is 3.49. The minimum atomic E-state index is -1.07. The molecule has 2 aliphatic rings. The predicted octanol–water partition coefficient (Wildman–Crippen LogP) is 4.31. The second-order valence-corrected chi connectivity index (χ2v) is 6.88. The van der Waals surface area contributed by atoms with Gasteiger partial charge in [0.2, 0.25) is 0 Å². The van der Waals surface area contributed by atoms with Gasteiger partial charge in [0.25, 0.3) is 5.79 Å². The molecule has 3 aromatic rings. The van der Waals surface area contributed by atoms with E-state index in [4.69, 9.17) is 18.9 Å². The lowest BCUT2D eigenvalue weighted by molar-refractivity contribution is -0.148. The summed E-state index contributed by atoms with van der Waals surface area (Å²) in [4.78, 5) is 0. The van der Waals surface area contributed by atoms with Crippen LogP contribution in [-0.4, -0.2) is 19.3 Å². The van der Waals surface area contributed by atoms with Crippen molar-refractivity contribution in [2.75, 3.05) is 14.2 Å². The zero-order valence-corrected chi connectivity index (χ0v) is 15.2. The molecule has 0 saturated heterocycles. The van der Waals surface area contributed by atoms with Crippen LogP contribution in [0.15, 0.2) is 48.5 Å². The monoisotopic (exact) mass is 364 g/mol. The zero-order chi connectivity index (χ0) is 18.6. The highest BCUT2D eigenvalue weighted by Gasteiger charge is 2.50. The lowest BCUT2D eigenvalue weighted by Crippen LogP contribution is -2.45. The molecule has 1 unspecified atom stereocenters. The lowest BCUT2D eigenvalue weighted by Gasteiger charge is -2.44. The summed E-state index contributed by atoms with van der Waals surface area (Å²) in [7, 11) is 3.20. The van der Waals surface area contributed by atoms with Gasteiger partial charge in [0.15, 0.2) is 0 Å². The van der Waals surface area contributed by atoms with Crippen LogP contribution in [0.5, 0.6) is 23.0 Å². The summed E-state index contributed by atoms with van der Waals surface area (Å²) < 4.78 is 24.1. The summed E-state index contributed by atoms with van der Waals surface area (Å²) in [6.45, 7) is 0. The highest BCUT2D eigenvalue weighted by molar-refractivity contribution is 5.94. The van der Waals surface area contributed by atoms with Crippen LogP contribution >= 0.6 is 0 Å². The minimum absolute atomic E-state index is 0.495. The SMILES string of the molecule is COc1ccc(OC)c2c1C(O)CCC21Oc2cccc3cccc(c23)O1. The van der Waals surface area contributed by atoms with Crippen LogP contribution < -0.4 is 18.9 Å². The van der Waals surface area contributed by atoms with Gasteiger partial charge in [-0.05, 0) is 36.1 Å². The fourth-order valence-electron chi connectivity index (χ4n) is 4.27. The molecule has 0 bridgehead atoms. The van der Waals surface area contributed by atoms with E-state index in [0.29, 0.717) is 35.5 Å². The number of ether oxygens (including phenoxy) is 4. The molecule has 1 aliphatic heterocycles. The van der Waals surface area contributed by atoms with Crippen LogP contribution in [0, 0.1) is 0 Å². The topological polar surface area (TPSA) is 57.2 Å². The van der Waals surface area contributed by atoms with E-state index in [-0.39, 0.29) is 0 Å². The first-order valence-electron chi connectivity index (χ1n) is 9.00. The van der Waals surface area contributed by atoms with E-state index in [9.17, 15) is 5.11 Å². The molecule has 1 N–H and O–H groups in total. The quantitative estimate of drug-likeness (QED) is 0.734. The third kappa shape index (κ3) is 2.21. The molecule has 138 valence electrons. The Morgan fingerprint density at radius 3 is 2.19 bits per heavy atom. The molecule has 27 heavy (non-hydrogen) atoms. The Bertz CT molecular complexity index is 1000. The van der Waals surface area contributed by atoms with Crippen LogP contribution in [0.2, 0.25) is 0 Å². The fourth-order valence-corrected chi connectivity index (χ4v) is 4.27. The maximum Gasteiger partial charge on any atom is 0.282 e. The van der Waals surface area contributed by atoms with Crippen molar-refractivity contribution >= 4 is 10.8 Å². The van der Waals surface area contributed by atoms with Crippen molar-refractivity contribution in [2.45, 2.75) is 24.7 Å². The summed E-state index contributed by atoms with van der Waals surface area (Å²) >= 11 is 0. The van der Waals surface area contributed by atoms with Crippen molar-refractivity contribution in [1.29, 1.82) is 0 Å². The summed E-state index contributed by atoms with van der Waals surface area (Å²) in [5.74, 6) is 1.66. The molecule has 0 aromatic heterocycles. The summed E-state index contributed by atoms with van der Waals surface area (Å²) in [5, 5.41) is 12.7. The first kappa shape index (κ1) is 16.3. The van der Waals surface area contributed by atoms with Gasteiger partial charge in [-0.25, -0.2) is 0 Å². The molecule has 0 amide bonds. The van der Waals surface area contributed by atoms with Crippen LogP contribution in [0.4, 0.5) is 0 Å². The van der Waals surface area contributed by atoms with Crippen molar-refractivity contribution in [3.8, 4) is 23.0 Å². The summed E-state index contributed by atoms with van der Waals surface area (Å²) in [6.07, 6.45) is 0.320. The fraction of sp³-hybridized carbons (Fsp3) is 0.273. The van der Waals surface area contributed by atoms with Crippen LogP contribution in [0.25, 0.3) is 10.8 Å². The van der Waals surface area contributed by atoms with E-state index in [1.165, 1.54) is 0 Å². The molecule has 5 nitrogen and oxygen atoms in total. The average molecular weight is 364 g/mol. The lowest BCUT2D eigenvalue weighted by atomic mass is 9.82.